The highest BCUT2D eigenvalue weighted by Gasteiger charge is 2.28. The first kappa shape index (κ1) is 13.3. The van der Waals surface area contributed by atoms with Gasteiger partial charge in [-0.15, -0.1) is 0 Å². The van der Waals surface area contributed by atoms with E-state index in [1.807, 2.05) is 18.2 Å². The molecule has 0 bridgehead atoms. The monoisotopic (exact) mass is 281 g/mol. The number of para-hydroxylation sites is 1. The van der Waals surface area contributed by atoms with Crippen molar-refractivity contribution >= 4 is 23.2 Å². The molecule has 0 radical (unpaired) electrons. The van der Waals surface area contributed by atoms with Crippen molar-refractivity contribution in [1.29, 1.82) is 0 Å². The van der Waals surface area contributed by atoms with Crippen LogP contribution in [0.2, 0.25) is 0 Å². The molecule has 5 nitrogen and oxygen atoms in total. The Morgan fingerprint density at radius 1 is 1.19 bits per heavy atom. The zero-order valence-electron chi connectivity index (χ0n) is 11.7. The standard InChI is InChI=1S/C16H15N3O2/c1-11(20)18-13-7-4-5-12-8-10-19(15(12)13)16(21)14-6-2-3-9-17-14/h2-7,9H,8,10H2,1H3,(H,18,20). The van der Waals surface area contributed by atoms with Gasteiger partial charge in [0.2, 0.25) is 5.91 Å². The zero-order chi connectivity index (χ0) is 14.8. The number of amides is 2. The Labute approximate surface area is 122 Å². The van der Waals surface area contributed by atoms with E-state index in [4.69, 9.17) is 0 Å². The van der Waals surface area contributed by atoms with Crippen molar-refractivity contribution in [3.05, 3.63) is 53.9 Å². The van der Waals surface area contributed by atoms with Crippen LogP contribution in [-0.2, 0) is 11.2 Å². The van der Waals surface area contributed by atoms with Crippen molar-refractivity contribution in [1.82, 2.24) is 4.98 Å². The number of carbonyl (C=O) groups excluding carboxylic acids is 2. The molecule has 1 aromatic carbocycles. The van der Waals surface area contributed by atoms with Gasteiger partial charge in [0.1, 0.15) is 5.69 Å². The van der Waals surface area contributed by atoms with E-state index in [-0.39, 0.29) is 11.8 Å². The van der Waals surface area contributed by atoms with Crippen molar-refractivity contribution in [3.63, 3.8) is 0 Å². The first-order chi connectivity index (χ1) is 10.2. The number of hydrogen-bond donors (Lipinski definition) is 1. The van der Waals surface area contributed by atoms with Crippen LogP contribution in [0.4, 0.5) is 11.4 Å². The quantitative estimate of drug-likeness (QED) is 0.918. The second kappa shape index (κ2) is 5.36. The first-order valence-corrected chi connectivity index (χ1v) is 6.79. The fourth-order valence-electron chi connectivity index (χ4n) is 2.58. The van der Waals surface area contributed by atoms with E-state index in [0.717, 1.165) is 17.7 Å². The molecule has 0 unspecified atom stereocenters. The van der Waals surface area contributed by atoms with Crippen LogP contribution in [0.25, 0.3) is 0 Å². The highest BCUT2D eigenvalue weighted by atomic mass is 16.2. The third-order valence-corrected chi connectivity index (χ3v) is 3.43. The van der Waals surface area contributed by atoms with E-state index < -0.39 is 0 Å². The number of fused-ring (bicyclic) bond motifs is 1. The summed E-state index contributed by atoms with van der Waals surface area (Å²) in [6.07, 6.45) is 2.38. The second-order valence-corrected chi connectivity index (χ2v) is 4.92. The van der Waals surface area contributed by atoms with Gasteiger partial charge >= 0.3 is 0 Å². The highest BCUT2D eigenvalue weighted by molar-refractivity contribution is 6.09. The van der Waals surface area contributed by atoms with Crippen LogP contribution >= 0.6 is 0 Å². The summed E-state index contributed by atoms with van der Waals surface area (Å²) in [6, 6.07) is 10.9. The molecule has 1 aliphatic rings. The van der Waals surface area contributed by atoms with E-state index in [0.29, 0.717) is 17.9 Å². The maximum absolute atomic E-state index is 12.6. The van der Waals surface area contributed by atoms with Crippen molar-refractivity contribution < 1.29 is 9.59 Å². The summed E-state index contributed by atoms with van der Waals surface area (Å²) in [4.78, 5) is 29.7. The Hall–Kier alpha value is -2.69. The molecule has 2 amide bonds. The van der Waals surface area contributed by atoms with Gasteiger partial charge < -0.3 is 10.2 Å². The van der Waals surface area contributed by atoms with Crippen LogP contribution in [0.15, 0.2) is 42.6 Å². The van der Waals surface area contributed by atoms with Crippen LogP contribution in [0.5, 0.6) is 0 Å². The number of hydrogen-bond acceptors (Lipinski definition) is 3. The van der Waals surface area contributed by atoms with Gasteiger partial charge in [-0.05, 0) is 30.2 Å². The topological polar surface area (TPSA) is 62.3 Å². The number of pyridine rings is 1. The van der Waals surface area contributed by atoms with E-state index in [1.54, 1.807) is 29.3 Å². The molecule has 0 saturated heterocycles. The predicted molar refractivity (Wildman–Crippen MR) is 80.4 cm³/mol. The number of nitrogens with one attached hydrogen (secondary N) is 1. The first-order valence-electron chi connectivity index (χ1n) is 6.79. The lowest BCUT2D eigenvalue weighted by Gasteiger charge is -2.20. The van der Waals surface area contributed by atoms with Crippen LogP contribution in [-0.4, -0.2) is 23.3 Å². The summed E-state index contributed by atoms with van der Waals surface area (Å²) < 4.78 is 0. The number of rotatable bonds is 2. The van der Waals surface area contributed by atoms with Crippen molar-refractivity contribution in [2.45, 2.75) is 13.3 Å². The fourth-order valence-corrected chi connectivity index (χ4v) is 2.58. The number of carbonyl (C=O) groups is 2. The fraction of sp³-hybridized carbons (Fsp3) is 0.188. The molecule has 1 aliphatic heterocycles. The van der Waals surface area contributed by atoms with Crippen molar-refractivity contribution in [2.75, 3.05) is 16.8 Å². The number of benzene rings is 1. The summed E-state index contributed by atoms with van der Waals surface area (Å²) in [6.45, 7) is 2.06. The third kappa shape index (κ3) is 2.50. The van der Waals surface area contributed by atoms with Gasteiger partial charge in [0.15, 0.2) is 0 Å². The molecule has 0 fully saturated rings. The minimum atomic E-state index is -0.152. The van der Waals surface area contributed by atoms with Gasteiger partial charge in [-0.2, -0.15) is 0 Å². The minimum absolute atomic E-state index is 0.146. The summed E-state index contributed by atoms with van der Waals surface area (Å²) >= 11 is 0. The van der Waals surface area contributed by atoms with Gasteiger partial charge in [-0.1, -0.05) is 18.2 Å². The average molecular weight is 281 g/mol. The molecule has 2 heterocycles. The molecular formula is C16H15N3O2. The van der Waals surface area contributed by atoms with E-state index in [1.165, 1.54) is 6.92 Å². The van der Waals surface area contributed by atoms with Crippen LogP contribution in [0.3, 0.4) is 0 Å². The van der Waals surface area contributed by atoms with Gasteiger partial charge in [0.25, 0.3) is 5.91 Å². The molecule has 1 N–H and O–H groups in total. The molecule has 0 aliphatic carbocycles. The molecular weight excluding hydrogens is 266 g/mol. The molecule has 1 aromatic heterocycles. The zero-order valence-corrected chi connectivity index (χ0v) is 11.7. The van der Waals surface area contributed by atoms with E-state index in [9.17, 15) is 9.59 Å². The van der Waals surface area contributed by atoms with E-state index in [2.05, 4.69) is 10.3 Å². The molecule has 5 heteroatoms. The summed E-state index contributed by atoms with van der Waals surface area (Å²) in [7, 11) is 0. The Balaban J connectivity index is 1.99. The van der Waals surface area contributed by atoms with Crippen molar-refractivity contribution in [3.8, 4) is 0 Å². The molecule has 2 aromatic rings. The second-order valence-electron chi connectivity index (χ2n) is 4.92. The summed E-state index contributed by atoms with van der Waals surface area (Å²) in [5, 5.41) is 2.79. The molecule has 0 spiro atoms. The molecule has 106 valence electrons. The molecule has 0 saturated carbocycles. The summed E-state index contributed by atoms with van der Waals surface area (Å²) in [5.41, 5.74) is 2.92. The predicted octanol–water partition coefficient (Wildman–Crippen LogP) is 2.24. The largest absolute Gasteiger partial charge is 0.325 e. The van der Waals surface area contributed by atoms with E-state index >= 15 is 0 Å². The minimum Gasteiger partial charge on any atom is -0.325 e. The Morgan fingerprint density at radius 3 is 2.76 bits per heavy atom. The Kier molecular flexibility index (Phi) is 3.39. The third-order valence-electron chi connectivity index (χ3n) is 3.43. The smallest absolute Gasteiger partial charge is 0.276 e. The van der Waals surface area contributed by atoms with Crippen LogP contribution in [0.1, 0.15) is 23.0 Å². The lowest BCUT2D eigenvalue weighted by Crippen LogP contribution is -2.30. The van der Waals surface area contributed by atoms with Crippen LogP contribution < -0.4 is 10.2 Å². The maximum Gasteiger partial charge on any atom is 0.276 e. The molecule has 0 atom stereocenters. The molecule has 3 rings (SSSR count). The lowest BCUT2D eigenvalue weighted by atomic mass is 10.1. The Morgan fingerprint density at radius 2 is 2.05 bits per heavy atom. The normalized spacial score (nSPS) is 12.9. The van der Waals surface area contributed by atoms with Gasteiger partial charge in [0.05, 0.1) is 11.4 Å². The number of anilines is 2. The average Bonchev–Trinajstić information content (AvgIpc) is 2.92. The SMILES string of the molecule is CC(=O)Nc1cccc2c1N(C(=O)c1ccccn1)CC2. The van der Waals surface area contributed by atoms with Gasteiger partial charge in [0, 0.05) is 19.7 Å². The summed E-state index contributed by atoms with van der Waals surface area (Å²) in [5.74, 6) is -0.298. The molecule has 21 heavy (non-hydrogen) atoms. The van der Waals surface area contributed by atoms with Gasteiger partial charge in [-0.25, -0.2) is 0 Å². The van der Waals surface area contributed by atoms with Gasteiger partial charge in [-0.3, -0.25) is 14.6 Å². The van der Waals surface area contributed by atoms with Crippen LogP contribution in [0, 0.1) is 0 Å². The maximum atomic E-state index is 12.6. The number of aromatic nitrogens is 1. The van der Waals surface area contributed by atoms with Crippen molar-refractivity contribution in [2.24, 2.45) is 0 Å². The number of nitrogens with zero attached hydrogens (tertiary/aromatic N) is 2. The Bertz CT molecular complexity index is 698. The lowest BCUT2D eigenvalue weighted by molar-refractivity contribution is -0.114. The highest BCUT2D eigenvalue weighted by Crippen LogP contribution is 2.36.